The van der Waals surface area contributed by atoms with Gasteiger partial charge < -0.3 is 10.1 Å². The lowest BCUT2D eigenvalue weighted by Crippen LogP contribution is -2.41. The van der Waals surface area contributed by atoms with E-state index in [1.165, 1.54) is 0 Å². The Balaban J connectivity index is 1.45. The smallest absolute Gasteiger partial charge is 0.264 e. The molecule has 0 saturated carbocycles. The number of aryl methyl sites for hydroxylation is 1. The van der Waals surface area contributed by atoms with Crippen LogP contribution in [0.25, 0.3) is 10.8 Å². The Morgan fingerprint density at radius 3 is 2.43 bits per heavy atom. The zero-order valence-corrected chi connectivity index (χ0v) is 21.6. The molecular formula is C27H25BrN2O4S. The first-order valence-electron chi connectivity index (χ1n) is 11.1. The monoisotopic (exact) mass is 552 g/mol. The molecule has 1 amide bonds. The highest BCUT2D eigenvalue weighted by molar-refractivity contribution is 9.10. The van der Waals surface area contributed by atoms with Gasteiger partial charge in [0.05, 0.1) is 17.1 Å². The van der Waals surface area contributed by atoms with Crippen LogP contribution in [0.3, 0.4) is 0 Å². The second kappa shape index (κ2) is 10.9. The zero-order chi connectivity index (χ0) is 24.8. The van der Waals surface area contributed by atoms with Crippen molar-refractivity contribution in [3.05, 3.63) is 101 Å². The third-order valence-corrected chi connectivity index (χ3v) is 7.71. The number of rotatable bonds is 9. The topological polar surface area (TPSA) is 75.7 Å². The van der Waals surface area contributed by atoms with Gasteiger partial charge in [-0.25, -0.2) is 8.42 Å². The van der Waals surface area contributed by atoms with Gasteiger partial charge in [-0.3, -0.25) is 9.10 Å². The van der Waals surface area contributed by atoms with Crippen molar-refractivity contribution in [3.63, 3.8) is 0 Å². The number of anilines is 1. The maximum Gasteiger partial charge on any atom is 0.264 e. The lowest BCUT2D eigenvalue weighted by atomic mass is 10.1. The van der Waals surface area contributed by atoms with Crippen molar-refractivity contribution >= 4 is 48.3 Å². The lowest BCUT2D eigenvalue weighted by Gasteiger charge is -2.24. The normalized spacial score (nSPS) is 11.3. The number of sulfonamides is 1. The number of amides is 1. The molecule has 0 atom stereocenters. The van der Waals surface area contributed by atoms with Gasteiger partial charge in [-0.1, -0.05) is 76.1 Å². The fourth-order valence-electron chi connectivity index (χ4n) is 3.64. The van der Waals surface area contributed by atoms with Gasteiger partial charge in [-0.05, 0) is 48.7 Å². The van der Waals surface area contributed by atoms with E-state index in [0.29, 0.717) is 10.2 Å². The summed E-state index contributed by atoms with van der Waals surface area (Å²) in [4.78, 5) is 12.9. The van der Waals surface area contributed by atoms with E-state index in [4.69, 9.17) is 4.74 Å². The first-order chi connectivity index (χ1) is 16.8. The molecule has 1 N–H and O–H groups in total. The first kappa shape index (κ1) is 24.8. The molecule has 6 nitrogen and oxygen atoms in total. The zero-order valence-electron chi connectivity index (χ0n) is 19.1. The summed E-state index contributed by atoms with van der Waals surface area (Å²) in [5.74, 6) is 0.303. The molecule has 4 rings (SSSR count). The molecule has 4 aromatic rings. The van der Waals surface area contributed by atoms with E-state index in [1.54, 1.807) is 48.5 Å². The van der Waals surface area contributed by atoms with Crippen molar-refractivity contribution < 1.29 is 17.9 Å². The number of ether oxygens (including phenoxy) is 1. The molecule has 8 heteroatoms. The van der Waals surface area contributed by atoms with Crippen LogP contribution in [-0.4, -0.2) is 34.0 Å². The Morgan fingerprint density at radius 1 is 0.943 bits per heavy atom. The van der Waals surface area contributed by atoms with Crippen molar-refractivity contribution in [2.24, 2.45) is 0 Å². The predicted octanol–water partition coefficient (Wildman–Crippen LogP) is 5.30. The van der Waals surface area contributed by atoms with E-state index in [-0.39, 0.29) is 24.6 Å². The predicted molar refractivity (Wildman–Crippen MR) is 142 cm³/mol. The van der Waals surface area contributed by atoms with Crippen molar-refractivity contribution in [2.75, 3.05) is 24.0 Å². The molecule has 180 valence electrons. The van der Waals surface area contributed by atoms with E-state index >= 15 is 0 Å². The van der Waals surface area contributed by atoms with Crippen LogP contribution in [0.4, 0.5) is 5.69 Å². The Hall–Kier alpha value is -3.36. The second-order valence-electron chi connectivity index (χ2n) is 7.98. The fourth-order valence-corrected chi connectivity index (χ4v) is 5.44. The first-order valence-corrected chi connectivity index (χ1v) is 13.3. The number of halogens is 1. The van der Waals surface area contributed by atoms with E-state index in [2.05, 4.69) is 21.2 Å². The highest BCUT2D eigenvalue weighted by Gasteiger charge is 2.27. The maximum atomic E-state index is 13.4. The van der Waals surface area contributed by atoms with Gasteiger partial charge in [0.25, 0.3) is 10.0 Å². The van der Waals surface area contributed by atoms with Crippen LogP contribution in [-0.2, 0) is 14.8 Å². The van der Waals surface area contributed by atoms with Gasteiger partial charge in [0.2, 0.25) is 5.91 Å². The molecule has 4 aromatic carbocycles. The minimum absolute atomic E-state index is 0.121. The molecule has 0 fully saturated rings. The van der Waals surface area contributed by atoms with Gasteiger partial charge in [0, 0.05) is 9.86 Å². The van der Waals surface area contributed by atoms with Crippen LogP contribution in [0.2, 0.25) is 0 Å². The number of hydrogen-bond donors (Lipinski definition) is 1. The molecule has 0 unspecified atom stereocenters. The number of nitrogens with one attached hydrogen (secondary N) is 1. The van der Waals surface area contributed by atoms with Crippen LogP contribution in [0.5, 0.6) is 5.75 Å². The van der Waals surface area contributed by atoms with Gasteiger partial charge in [-0.15, -0.1) is 0 Å². The Labute approximate surface area is 213 Å². The Bertz CT molecular complexity index is 1430. The maximum absolute atomic E-state index is 13.4. The molecule has 0 aliphatic carbocycles. The Kier molecular flexibility index (Phi) is 7.73. The minimum atomic E-state index is -3.96. The number of nitrogens with zero attached hydrogens (tertiary/aromatic N) is 1. The van der Waals surface area contributed by atoms with Crippen molar-refractivity contribution in [2.45, 2.75) is 11.8 Å². The molecular weight excluding hydrogens is 528 g/mol. The minimum Gasteiger partial charge on any atom is -0.491 e. The van der Waals surface area contributed by atoms with Crippen LogP contribution < -0.4 is 14.4 Å². The molecule has 0 aliphatic rings. The summed E-state index contributed by atoms with van der Waals surface area (Å²) in [5, 5.41) is 4.83. The molecule has 0 saturated heterocycles. The molecule has 0 heterocycles. The van der Waals surface area contributed by atoms with E-state index in [0.717, 1.165) is 26.4 Å². The SMILES string of the molecule is Cc1ccc(S(=O)(=O)N(CC(=O)NCCOc2cccc3ccccc23)c2cccc(Br)c2)cc1. The van der Waals surface area contributed by atoms with Crippen LogP contribution in [0.15, 0.2) is 100 Å². The third kappa shape index (κ3) is 6.01. The molecule has 0 spiro atoms. The van der Waals surface area contributed by atoms with Gasteiger partial charge >= 0.3 is 0 Å². The summed E-state index contributed by atoms with van der Waals surface area (Å²) >= 11 is 3.38. The van der Waals surface area contributed by atoms with Gasteiger partial charge in [-0.2, -0.15) is 0 Å². The van der Waals surface area contributed by atoms with Gasteiger partial charge in [0.1, 0.15) is 18.9 Å². The Morgan fingerprint density at radius 2 is 1.66 bits per heavy atom. The summed E-state index contributed by atoms with van der Waals surface area (Å²) in [6.07, 6.45) is 0. The number of hydrogen-bond acceptors (Lipinski definition) is 4. The van der Waals surface area contributed by atoms with Gasteiger partial charge in [0.15, 0.2) is 0 Å². The molecule has 0 bridgehead atoms. The standard InChI is InChI=1S/C27H25BrN2O4S/c1-20-12-14-24(15-13-20)35(32,33)30(23-9-5-8-22(28)18-23)19-27(31)29-16-17-34-26-11-4-7-21-6-2-3-10-25(21)26/h2-15,18H,16-17,19H2,1H3,(H,29,31). The molecule has 0 aromatic heterocycles. The summed E-state index contributed by atoms with van der Waals surface area (Å²) in [6.45, 7) is 2.01. The second-order valence-corrected chi connectivity index (χ2v) is 10.8. The number of benzene rings is 4. The van der Waals surface area contributed by atoms with E-state index in [1.807, 2.05) is 49.4 Å². The highest BCUT2D eigenvalue weighted by atomic mass is 79.9. The third-order valence-electron chi connectivity index (χ3n) is 5.42. The van der Waals surface area contributed by atoms with Crippen LogP contribution >= 0.6 is 15.9 Å². The average molecular weight is 553 g/mol. The fraction of sp³-hybridized carbons (Fsp3) is 0.148. The van der Waals surface area contributed by atoms with Crippen molar-refractivity contribution in [1.29, 1.82) is 0 Å². The summed E-state index contributed by atoms with van der Waals surface area (Å²) in [6, 6.07) is 27.1. The summed E-state index contributed by atoms with van der Waals surface area (Å²) in [5.41, 5.74) is 1.34. The van der Waals surface area contributed by atoms with Crippen molar-refractivity contribution in [1.82, 2.24) is 5.32 Å². The van der Waals surface area contributed by atoms with Crippen LogP contribution in [0.1, 0.15) is 5.56 Å². The summed E-state index contributed by atoms with van der Waals surface area (Å²) in [7, 11) is -3.96. The molecule has 35 heavy (non-hydrogen) atoms. The van der Waals surface area contributed by atoms with Crippen molar-refractivity contribution in [3.8, 4) is 5.75 Å². The van der Waals surface area contributed by atoms with E-state index in [9.17, 15) is 13.2 Å². The highest BCUT2D eigenvalue weighted by Crippen LogP contribution is 2.27. The number of fused-ring (bicyclic) bond motifs is 1. The van der Waals surface area contributed by atoms with E-state index < -0.39 is 15.9 Å². The molecule has 0 radical (unpaired) electrons. The number of carbonyl (C=O) groups is 1. The quantitative estimate of drug-likeness (QED) is 0.286. The lowest BCUT2D eigenvalue weighted by molar-refractivity contribution is -0.119. The molecule has 0 aliphatic heterocycles. The van der Waals surface area contributed by atoms with Crippen LogP contribution in [0, 0.1) is 6.92 Å². The largest absolute Gasteiger partial charge is 0.491 e. The number of carbonyl (C=O) groups excluding carboxylic acids is 1. The average Bonchev–Trinajstić information content (AvgIpc) is 2.85. The summed E-state index contributed by atoms with van der Waals surface area (Å²) < 4.78 is 34.6.